The normalized spacial score (nSPS) is 10.1. The Kier molecular flexibility index (Phi) is 2.93. The lowest BCUT2D eigenvalue weighted by molar-refractivity contribution is 1.11. The number of rotatable bonds is 1. The van der Waals surface area contributed by atoms with Gasteiger partial charge in [0.2, 0.25) is 0 Å². The Bertz CT molecular complexity index is 440. The Morgan fingerprint density at radius 2 is 1.57 bits per heavy atom. The number of hydrogen-bond acceptors (Lipinski definition) is 2. The maximum atomic E-state index is 4.08. The van der Waals surface area contributed by atoms with Crippen LogP contribution in [-0.4, -0.2) is 9.97 Å². The van der Waals surface area contributed by atoms with Gasteiger partial charge in [-0.1, -0.05) is 34.1 Å². The van der Waals surface area contributed by atoms with Crippen molar-refractivity contribution in [2.45, 2.75) is 0 Å². The first-order valence-electron chi connectivity index (χ1n) is 4.00. The maximum Gasteiger partial charge on any atom is 0.196 e. The highest BCUT2D eigenvalue weighted by Crippen LogP contribution is 2.26. The van der Waals surface area contributed by atoms with Crippen LogP contribution in [-0.2, 0) is 0 Å². The molecule has 0 spiro atoms. The molecule has 70 valence electrons. The molecule has 4 heteroatoms. The van der Waals surface area contributed by atoms with E-state index in [1.807, 2.05) is 24.3 Å². The van der Waals surface area contributed by atoms with Crippen LogP contribution >= 0.6 is 31.9 Å². The van der Waals surface area contributed by atoms with Gasteiger partial charge in [0.1, 0.15) is 0 Å². The van der Waals surface area contributed by atoms with Crippen LogP contribution < -0.4 is 0 Å². The highest BCUT2D eigenvalue weighted by atomic mass is 79.9. The molecule has 2 rings (SSSR count). The molecule has 0 aliphatic heterocycles. The predicted octanol–water partition coefficient (Wildman–Crippen LogP) is 3.67. The van der Waals surface area contributed by atoms with E-state index in [4.69, 9.17) is 0 Å². The summed E-state index contributed by atoms with van der Waals surface area (Å²) in [5.74, 6) is 0. The second kappa shape index (κ2) is 4.19. The molecule has 0 amide bonds. The second-order valence-electron chi connectivity index (χ2n) is 2.72. The molecule has 0 unspecified atom stereocenters. The minimum atomic E-state index is 0.605. The van der Waals surface area contributed by atoms with Crippen LogP contribution in [0.3, 0.4) is 0 Å². The third-order valence-corrected chi connectivity index (χ3v) is 2.91. The molecule has 0 N–H and O–H groups in total. The van der Waals surface area contributed by atoms with Crippen LogP contribution in [0.4, 0.5) is 0 Å². The lowest BCUT2D eigenvalue weighted by Crippen LogP contribution is -1.85. The Labute approximate surface area is 98.7 Å². The van der Waals surface area contributed by atoms with Gasteiger partial charge in [0.25, 0.3) is 0 Å². The molecule has 0 bridgehead atoms. The summed E-state index contributed by atoms with van der Waals surface area (Å²) in [7, 11) is 0. The summed E-state index contributed by atoms with van der Waals surface area (Å²) in [5, 5.41) is 0. The van der Waals surface area contributed by atoms with Crippen LogP contribution in [0.5, 0.6) is 0 Å². The van der Waals surface area contributed by atoms with Gasteiger partial charge in [-0.2, -0.15) is 0 Å². The molecule has 0 fully saturated rings. The first-order valence-corrected chi connectivity index (χ1v) is 5.58. The summed E-state index contributed by atoms with van der Waals surface area (Å²) < 4.78 is 1.65. The zero-order valence-electron chi connectivity index (χ0n) is 7.11. The first-order chi connectivity index (χ1) is 6.77. The van der Waals surface area contributed by atoms with E-state index in [1.54, 1.807) is 12.4 Å². The summed E-state index contributed by atoms with van der Waals surface area (Å²) in [6.07, 6.45) is 3.58. The fourth-order valence-corrected chi connectivity index (χ4v) is 1.87. The number of hydrogen-bond donors (Lipinski definition) is 0. The fraction of sp³-hybridized carbons (Fsp3) is 0. The average Bonchev–Trinajstić information content (AvgIpc) is 2.20. The summed E-state index contributed by atoms with van der Waals surface area (Å²) in [4.78, 5) is 8.16. The molecule has 0 saturated heterocycles. The molecular formula is C10H6Br2N2. The summed E-state index contributed by atoms with van der Waals surface area (Å²) in [5.41, 5.74) is 2.10. The van der Waals surface area contributed by atoms with E-state index in [2.05, 4.69) is 41.8 Å². The lowest BCUT2D eigenvalue weighted by Gasteiger charge is -2.02. The molecule has 2 nitrogen and oxygen atoms in total. The summed E-state index contributed by atoms with van der Waals surface area (Å²) >= 11 is 6.69. The first kappa shape index (κ1) is 9.80. The van der Waals surface area contributed by atoms with Gasteiger partial charge in [0.05, 0.1) is 0 Å². The van der Waals surface area contributed by atoms with Crippen molar-refractivity contribution in [2.75, 3.05) is 0 Å². The minimum Gasteiger partial charge on any atom is -0.230 e. The van der Waals surface area contributed by atoms with E-state index in [-0.39, 0.29) is 0 Å². The van der Waals surface area contributed by atoms with Crippen molar-refractivity contribution in [1.29, 1.82) is 0 Å². The Morgan fingerprint density at radius 1 is 0.929 bits per heavy atom. The lowest BCUT2D eigenvalue weighted by atomic mass is 10.1. The van der Waals surface area contributed by atoms with Gasteiger partial charge in [0, 0.05) is 22.4 Å². The predicted molar refractivity (Wildman–Crippen MR) is 62.9 cm³/mol. The van der Waals surface area contributed by atoms with Crippen molar-refractivity contribution in [3.8, 4) is 11.1 Å². The number of benzene rings is 1. The monoisotopic (exact) mass is 312 g/mol. The van der Waals surface area contributed by atoms with Crippen molar-refractivity contribution >= 4 is 31.9 Å². The molecule has 1 aromatic heterocycles. The number of nitrogens with zero attached hydrogens (tertiary/aromatic N) is 2. The zero-order valence-corrected chi connectivity index (χ0v) is 10.3. The molecule has 14 heavy (non-hydrogen) atoms. The van der Waals surface area contributed by atoms with Gasteiger partial charge < -0.3 is 0 Å². The third kappa shape index (κ3) is 2.01. The topological polar surface area (TPSA) is 25.8 Å². The van der Waals surface area contributed by atoms with Gasteiger partial charge in [0.15, 0.2) is 4.73 Å². The van der Waals surface area contributed by atoms with Crippen molar-refractivity contribution in [3.05, 3.63) is 45.9 Å². The van der Waals surface area contributed by atoms with Crippen LogP contribution in [0.25, 0.3) is 11.1 Å². The fourth-order valence-electron chi connectivity index (χ4n) is 1.15. The van der Waals surface area contributed by atoms with E-state index >= 15 is 0 Å². The van der Waals surface area contributed by atoms with E-state index in [0.29, 0.717) is 4.73 Å². The molecule has 0 saturated carbocycles. The molecule has 0 radical (unpaired) electrons. The van der Waals surface area contributed by atoms with Crippen molar-refractivity contribution in [1.82, 2.24) is 9.97 Å². The van der Waals surface area contributed by atoms with E-state index in [1.165, 1.54) is 0 Å². The minimum absolute atomic E-state index is 0.605. The van der Waals surface area contributed by atoms with E-state index in [0.717, 1.165) is 15.6 Å². The van der Waals surface area contributed by atoms with E-state index < -0.39 is 0 Å². The number of aromatic nitrogens is 2. The van der Waals surface area contributed by atoms with Gasteiger partial charge >= 0.3 is 0 Å². The smallest absolute Gasteiger partial charge is 0.196 e. The van der Waals surface area contributed by atoms with Crippen LogP contribution in [0.2, 0.25) is 0 Å². The highest BCUT2D eigenvalue weighted by Gasteiger charge is 2.02. The van der Waals surface area contributed by atoms with Crippen molar-refractivity contribution in [2.24, 2.45) is 0 Å². The van der Waals surface area contributed by atoms with Gasteiger partial charge in [-0.15, -0.1) is 0 Å². The van der Waals surface area contributed by atoms with Gasteiger partial charge in [-0.3, -0.25) is 0 Å². The third-order valence-electron chi connectivity index (χ3n) is 1.81. The maximum absolute atomic E-state index is 4.08. The molecule has 2 aromatic rings. The Hall–Kier alpha value is -0.740. The standard InChI is InChI=1S/C10H6Br2N2/c11-9-4-2-1-3-8(9)7-5-13-10(12)14-6-7/h1-6H. The molecule has 1 aromatic carbocycles. The molecule has 1 heterocycles. The Morgan fingerprint density at radius 3 is 2.21 bits per heavy atom. The van der Waals surface area contributed by atoms with Crippen LogP contribution in [0, 0.1) is 0 Å². The average molecular weight is 314 g/mol. The largest absolute Gasteiger partial charge is 0.230 e. The molecule has 0 atom stereocenters. The molecule has 0 aliphatic carbocycles. The summed E-state index contributed by atoms with van der Waals surface area (Å²) in [6, 6.07) is 7.99. The van der Waals surface area contributed by atoms with Crippen LogP contribution in [0.15, 0.2) is 45.9 Å². The summed E-state index contributed by atoms with van der Waals surface area (Å²) in [6.45, 7) is 0. The second-order valence-corrected chi connectivity index (χ2v) is 4.28. The Balaban J connectivity index is 2.50. The van der Waals surface area contributed by atoms with Gasteiger partial charge in [-0.25, -0.2) is 9.97 Å². The number of halogens is 2. The van der Waals surface area contributed by atoms with Crippen molar-refractivity contribution < 1.29 is 0 Å². The van der Waals surface area contributed by atoms with Crippen molar-refractivity contribution in [3.63, 3.8) is 0 Å². The molecular weight excluding hydrogens is 308 g/mol. The quantitative estimate of drug-likeness (QED) is 0.751. The SMILES string of the molecule is Brc1ncc(-c2ccccc2Br)cn1. The highest BCUT2D eigenvalue weighted by molar-refractivity contribution is 9.10. The van der Waals surface area contributed by atoms with Gasteiger partial charge in [-0.05, 0) is 27.6 Å². The molecule has 0 aliphatic rings. The zero-order chi connectivity index (χ0) is 9.97. The van der Waals surface area contributed by atoms with Crippen LogP contribution in [0.1, 0.15) is 0 Å². The van der Waals surface area contributed by atoms with E-state index in [9.17, 15) is 0 Å².